The van der Waals surface area contributed by atoms with Crippen LogP contribution in [0.4, 0.5) is 102 Å². The third-order valence-corrected chi connectivity index (χ3v) is 28.2. The molecule has 147 heavy (non-hydrogen) atoms. The van der Waals surface area contributed by atoms with Crippen molar-refractivity contribution in [3.63, 3.8) is 0 Å². The molecule has 0 aliphatic carbocycles. The van der Waals surface area contributed by atoms with Gasteiger partial charge in [-0.1, -0.05) is 341 Å². The summed E-state index contributed by atoms with van der Waals surface area (Å²) in [5, 5.41) is -1.14. The Bertz CT molecular complexity index is 9420. The highest BCUT2D eigenvalue weighted by Crippen LogP contribution is 2.58. The summed E-state index contributed by atoms with van der Waals surface area (Å²) in [6, 6.07) is 111. The molecule has 706 valence electrons. The Balaban J connectivity index is 0.834. The average molecular weight is 1910 g/mol. The average Bonchev–Trinajstić information content (AvgIpc) is 1.54. The lowest BCUT2D eigenvalue weighted by molar-refractivity contribution is 0.590. The largest absolute Gasteiger partial charge is 0.311 e. The van der Waals surface area contributed by atoms with E-state index in [0.29, 0.717) is 101 Å². The van der Waals surface area contributed by atoms with E-state index >= 15 is 0 Å². The molecule has 21 aromatic carbocycles. The second kappa shape index (κ2) is 36.8. The van der Waals surface area contributed by atoms with E-state index in [9.17, 15) is 27.4 Å². The number of nitrogens with zero attached hydrogens (tertiary/aromatic N) is 8. The Hall–Kier alpha value is -17.9. The molecule has 0 saturated carbocycles. The van der Waals surface area contributed by atoms with Gasteiger partial charge in [0.25, 0.3) is 6.71 Å². The number of anilines is 18. The second-order valence-electron chi connectivity index (χ2n) is 40.5. The summed E-state index contributed by atoms with van der Waals surface area (Å²) >= 11 is 0. The molecule has 0 atom stereocenters. The highest BCUT2D eigenvalue weighted by Gasteiger charge is 2.47. The van der Waals surface area contributed by atoms with E-state index in [0.717, 1.165) is 45.3 Å². The first-order chi connectivity index (χ1) is 80.2. The van der Waals surface area contributed by atoms with Gasteiger partial charge in [-0.15, -0.1) is 0 Å². The van der Waals surface area contributed by atoms with Gasteiger partial charge in [-0.3, -0.25) is 0 Å². The molecule has 0 fully saturated rings. The highest BCUT2D eigenvalue weighted by atomic mass is 15.2. The van der Waals surface area contributed by atoms with Crippen LogP contribution in [0.2, 0.25) is 0 Å². The Labute approximate surface area is 890 Å². The van der Waals surface area contributed by atoms with Crippen LogP contribution < -0.4 is 45.8 Å². The van der Waals surface area contributed by atoms with Crippen LogP contribution in [0.15, 0.2) is 509 Å². The first-order valence-corrected chi connectivity index (χ1v) is 49.7. The van der Waals surface area contributed by atoms with E-state index in [1.165, 1.54) is 9.13 Å². The molecule has 0 radical (unpaired) electrons. The van der Waals surface area contributed by atoms with Crippen molar-refractivity contribution in [3.8, 4) is 55.9 Å². The zero-order valence-electron chi connectivity index (χ0n) is 103. The van der Waals surface area contributed by atoms with Gasteiger partial charge in [0.2, 0.25) is 0 Å². The van der Waals surface area contributed by atoms with Gasteiger partial charge < -0.3 is 38.5 Å². The van der Waals surface area contributed by atoms with E-state index in [-0.39, 0.29) is 66.3 Å². The van der Waals surface area contributed by atoms with Crippen molar-refractivity contribution >= 4 is 169 Å². The van der Waals surface area contributed by atoms with Gasteiger partial charge in [0.1, 0.15) is 0 Å². The lowest BCUT2D eigenvalue weighted by Gasteiger charge is -2.47. The Morgan fingerprint density at radius 2 is 0.456 bits per heavy atom. The normalized spacial score (nSPS) is 14.3. The van der Waals surface area contributed by atoms with Gasteiger partial charge in [0, 0.05) is 146 Å². The standard InChI is InChI=1S/C138H111BN8/c1-136(2,3)98-84-117(94-44-20-10-21-45-94)134(118(85-98)95-46-22-11-23-47-95)146-129-92-113(144-125-66-42-40-64-115(125)121-90-111(78-82-127(121)144)142(105-60-36-18-37-61-105)109-72-68-107(69-73-109)140(101-52-28-14-29-53-101)102-54-30-15-31-55-102)76-80-123(129)139-124-81-77-114(93-130(124)147(132-89-100(138(7,8)9)88-131(146)133(132)139)135-119(96-48-24-12-25-49-96)86-99(137(4,5)6)87-120(135)97-50-26-13-27-51-97)145-126-67-43-41-65-116(126)122-91-112(79-83-128(122)145)143(106-62-38-19-39-63-106)110-74-70-108(71-75-110)141(103-56-32-16-33-57-103)104-58-34-17-35-59-104/h10-93H,1-9H3/i40D,41D,42D,43D,64D,65D,66D,67D,76D,77D,78D,79D,80D,81D,82D,83D,90D,91D,92D,93D. The van der Waals surface area contributed by atoms with Crippen molar-refractivity contribution in [2.24, 2.45) is 0 Å². The summed E-state index contributed by atoms with van der Waals surface area (Å²) in [4.78, 5) is 11.4. The zero-order chi connectivity index (χ0) is 117. The van der Waals surface area contributed by atoms with E-state index in [4.69, 9.17) is 0 Å². The van der Waals surface area contributed by atoms with Crippen molar-refractivity contribution in [2.75, 3.05) is 29.4 Å². The molecule has 0 bridgehead atoms. The monoisotopic (exact) mass is 1910 g/mol. The Morgan fingerprint density at radius 1 is 0.218 bits per heavy atom. The molecule has 0 saturated heterocycles. The van der Waals surface area contributed by atoms with Crippen LogP contribution in [-0.2, 0) is 16.2 Å². The van der Waals surface area contributed by atoms with Crippen molar-refractivity contribution in [3.05, 3.63) is 526 Å². The quantitative estimate of drug-likeness (QED) is 0.0707. The van der Waals surface area contributed by atoms with Crippen LogP contribution in [-0.4, -0.2) is 15.8 Å². The number of rotatable bonds is 20. The minimum absolute atomic E-state index is 0.153. The van der Waals surface area contributed by atoms with Gasteiger partial charge in [-0.25, -0.2) is 0 Å². The van der Waals surface area contributed by atoms with Gasteiger partial charge >= 0.3 is 0 Å². The fourth-order valence-corrected chi connectivity index (χ4v) is 21.0. The molecule has 0 amide bonds. The molecular formula is C138H111BN8. The van der Waals surface area contributed by atoms with E-state index < -0.39 is 166 Å². The van der Waals surface area contributed by atoms with E-state index in [1.54, 1.807) is 58.3 Å². The number of fused-ring (bicyclic) bond motifs is 10. The molecule has 2 aliphatic heterocycles. The van der Waals surface area contributed by atoms with Gasteiger partial charge in [-0.05, 0) is 302 Å². The van der Waals surface area contributed by atoms with Crippen LogP contribution in [0.25, 0.3) is 99.5 Å². The fourth-order valence-electron chi connectivity index (χ4n) is 21.0. The molecule has 25 rings (SSSR count). The van der Waals surface area contributed by atoms with Crippen LogP contribution in [0.5, 0.6) is 0 Å². The van der Waals surface area contributed by atoms with E-state index in [1.807, 2.05) is 325 Å². The molecule has 4 heterocycles. The van der Waals surface area contributed by atoms with Crippen molar-refractivity contribution < 1.29 is 27.4 Å². The SMILES string of the molecule is [2H]c1c([2H])c(-n2c3c([2H])c([2H])c([2H])c([2H])c3c3c([2H])c(N(c4ccccc4)c4ccc(N(c5ccccc5)c5ccccc5)cc4)c([2H])c([2H])c32)c([2H])c2c1B1c3c(cc(C(C)(C)C)cc3N(c3c(-c4ccccc4)cc(C(C)(C)C)cc3-c3ccccc3)c3c([2H])c(-n4c5c([2H])c([2H])c([2H])c([2H])c5c5c([2H])c(N(c6ccccc6)c6ccc(N(c7ccccc7)c7ccccc7)cc6)c([2H])c([2H])c54)c([2H])c([2H])c31)N2c1c(-c2ccccc2)cc(C(C)(C)C)cc1-c1ccccc1. The van der Waals surface area contributed by atoms with Crippen molar-refractivity contribution in [2.45, 2.75) is 78.6 Å². The lowest BCUT2D eigenvalue weighted by Crippen LogP contribution is -2.61. The maximum absolute atomic E-state index is 12.4. The summed E-state index contributed by atoms with van der Waals surface area (Å²) in [5.74, 6) is 0. The first-order valence-electron chi connectivity index (χ1n) is 59.7. The number of benzene rings is 21. The Morgan fingerprint density at radius 3 is 0.728 bits per heavy atom. The third-order valence-electron chi connectivity index (χ3n) is 28.2. The number of hydrogen-bond acceptors (Lipinski definition) is 6. The number of hydrogen-bond donors (Lipinski definition) is 0. The summed E-state index contributed by atoms with van der Waals surface area (Å²) in [5.41, 5.74) is 10.1. The minimum Gasteiger partial charge on any atom is -0.311 e. The maximum Gasteiger partial charge on any atom is 0.252 e. The minimum atomic E-state index is -1.70. The van der Waals surface area contributed by atoms with Crippen LogP contribution in [0, 0.1) is 0 Å². The molecule has 2 aliphatic rings. The van der Waals surface area contributed by atoms with E-state index in [2.05, 4.69) is 96.4 Å². The molecule has 0 unspecified atom stereocenters. The maximum atomic E-state index is 12.4. The summed E-state index contributed by atoms with van der Waals surface area (Å²) in [7, 11) is 0. The van der Waals surface area contributed by atoms with Crippen molar-refractivity contribution in [1.29, 1.82) is 0 Å². The molecule has 9 heteroatoms. The number of aromatic nitrogens is 2. The topological polar surface area (TPSA) is 29.3 Å². The molecule has 8 nitrogen and oxygen atoms in total. The summed E-state index contributed by atoms with van der Waals surface area (Å²) in [6.07, 6.45) is 0. The Kier molecular flexibility index (Phi) is 17.7. The van der Waals surface area contributed by atoms with Crippen LogP contribution in [0.3, 0.4) is 0 Å². The van der Waals surface area contributed by atoms with Crippen molar-refractivity contribution in [1.82, 2.24) is 9.13 Å². The zero-order valence-corrected chi connectivity index (χ0v) is 82.6. The highest BCUT2D eigenvalue weighted by molar-refractivity contribution is 7.00. The predicted octanol–water partition coefficient (Wildman–Crippen LogP) is 36.4. The second-order valence-corrected chi connectivity index (χ2v) is 40.5. The molecule has 23 aromatic rings. The van der Waals surface area contributed by atoms with Crippen LogP contribution in [0.1, 0.15) is 106 Å². The molecule has 2 aromatic heterocycles. The van der Waals surface area contributed by atoms with Crippen LogP contribution >= 0.6 is 0 Å². The fraction of sp³-hybridized carbons (Fsp3) is 0.0870. The summed E-state index contributed by atoms with van der Waals surface area (Å²) in [6.45, 7) is 17.2. The first kappa shape index (κ1) is 70.7. The molecule has 0 spiro atoms. The third kappa shape index (κ3) is 16.2. The lowest BCUT2D eigenvalue weighted by atomic mass is 9.33. The number of para-hydroxylation sites is 8. The van der Waals surface area contributed by atoms with Gasteiger partial charge in [0.05, 0.1) is 60.9 Å². The summed E-state index contributed by atoms with van der Waals surface area (Å²) < 4.78 is 222. The smallest absolute Gasteiger partial charge is 0.252 e. The predicted molar refractivity (Wildman–Crippen MR) is 626 cm³/mol. The van der Waals surface area contributed by atoms with Gasteiger partial charge in [0.15, 0.2) is 0 Å². The molecule has 0 N–H and O–H groups in total. The molecular weight excluding hydrogens is 1780 g/mol. The van der Waals surface area contributed by atoms with Gasteiger partial charge in [-0.2, -0.15) is 0 Å².